The van der Waals surface area contributed by atoms with Gasteiger partial charge in [0, 0.05) is 16.7 Å². The van der Waals surface area contributed by atoms with Crippen LogP contribution in [0.4, 0.5) is 5.69 Å². The van der Waals surface area contributed by atoms with E-state index in [9.17, 15) is 18.3 Å². The summed E-state index contributed by atoms with van der Waals surface area (Å²) in [4.78, 5) is 12.4. The van der Waals surface area contributed by atoms with Crippen molar-refractivity contribution >= 4 is 33.0 Å². The van der Waals surface area contributed by atoms with E-state index in [2.05, 4.69) is 10.5 Å². The van der Waals surface area contributed by atoms with Gasteiger partial charge in [0.1, 0.15) is 5.75 Å². The lowest BCUT2D eigenvalue weighted by Crippen LogP contribution is -2.13. The van der Waals surface area contributed by atoms with Crippen molar-refractivity contribution in [3.63, 3.8) is 0 Å². The second-order valence-electron chi connectivity index (χ2n) is 5.62. The number of hydrogen-bond acceptors (Lipinski definition) is 6. The number of sulfone groups is 1. The van der Waals surface area contributed by atoms with Crippen molar-refractivity contribution in [3.05, 3.63) is 59.2 Å². The van der Waals surface area contributed by atoms with Crippen LogP contribution < -0.4 is 5.32 Å². The van der Waals surface area contributed by atoms with E-state index in [1.54, 1.807) is 24.3 Å². The van der Waals surface area contributed by atoms with Gasteiger partial charge in [0.15, 0.2) is 21.3 Å². The van der Waals surface area contributed by atoms with Crippen LogP contribution in [0.1, 0.15) is 17.4 Å². The number of carbonyl (C=O) groups is 1. The van der Waals surface area contributed by atoms with E-state index < -0.39 is 15.7 Å². The second-order valence-corrected chi connectivity index (χ2v) is 8.34. The highest BCUT2D eigenvalue weighted by Crippen LogP contribution is 2.28. The highest BCUT2D eigenvalue weighted by molar-refractivity contribution is 7.91. The molecule has 0 aliphatic heterocycles. The number of nitrogens with one attached hydrogen (secondary N) is 1. The fraction of sp³-hybridized carbons (Fsp3) is 0.111. The quantitative estimate of drug-likeness (QED) is 0.624. The van der Waals surface area contributed by atoms with Gasteiger partial charge < -0.3 is 14.9 Å². The molecule has 0 bridgehead atoms. The summed E-state index contributed by atoms with van der Waals surface area (Å²) < 4.78 is 29.1. The van der Waals surface area contributed by atoms with E-state index in [-0.39, 0.29) is 27.8 Å². The molecular weight excluding hydrogens is 392 g/mol. The molecular formula is C18H15ClN2O5S. The summed E-state index contributed by atoms with van der Waals surface area (Å²) in [5.74, 6) is -0.684. The van der Waals surface area contributed by atoms with Crippen molar-refractivity contribution in [3.8, 4) is 17.1 Å². The average molecular weight is 407 g/mol. The van der Waals surface area contributed by atoms with Gasteiger partial charge in [0.2, 0.25) is 0 Å². The second kappa shape index (κ2) is 7.42. The van der Waals surface area contributed by atoms with E-state index in [0.717, 1.165) is 0 Å². The molecule has 0 aliphatic carbocycles. The topological polar surface area (TPSA) is 110 Å². The summed E-state index contributed by atoms with van der Waals surface area (Å²) in [7, 11) is -3.48. The van der Waals surface area contributed by atoms with Crippen LogP contribution in [0.2, 0.25) is 5.02 Å². The van der Waals surface area contributed by atoms with Gasteiger partial charge >= 0.3 is 0 Å². The summed E-state index contributed by atoms with van der Waals surface area (Å²) in [6.45, 7) is 1.51. The Morgan fingerprint density at radius 2 is 2.00 bits per heavy atom. The van der Waals surface area contributed by atoms with E-state index in [1.807, 2.05) is 0 Å². The maximum atomic E-state index is 12.4. The van der Waals surface area contributed by atoms with Gasteiger partial charge in [-0.25, -0.2) is 8.42 Å². The number of phenolic OH excluding ortho intramolecular Hbond substituents is 1. The van der Waals surface area contributed by atoms with Gasteiger partial charge in [0.05, 0.1) is 16.3 Å². The predicted molar refractivity (Wildman–Crippen MR) is 101 cm³/mol. The van der Waals surface area contributed by atoms with Crippen molar-refractivity contribution in [2.45, 2.75) is 11.8 Å². The maximum absolute atomic E-state index is 12.4. The minimum atomic E-state index is -3.48. The van der Waals surface area contributed by atoms with Crippen LogP contribution in [0, 0.1) is 0 Å². The van der Waals surface area contributed by atoms with Gasteiger partial charge in [-0.3, -0.25) is 4.79 Å². The van der Waals surface area contributed by atoms with Crippen LogP contribution in [-0.2, 0) is 9.84 Å². The number of aromatic nitrogens is 1. The molecule has 2 N–H and O–H groups in total. The Morgan fingerprint density at radius 3 is 2.70 bits per heavy atom. The van der Waals surface area contributed by atoms with Crippen LogP contribution in [0.15, 0.2) is 57.9 Å². The lowest BCUT2D eigenvalue weighted by atomic mass is 10.1. The number of phenols is 1. The molecule has 0 aliphatic rings. The van der Waals surface area contributed by atoms with Gasteiger partial charge in [0.25, 0.3) is 5.91 Å². The molecule has 27 heavy (non-hydrogen) atoms. The minimum absolute atomic E-state index is 0.00197. The monoisotopic (exact) mass is 406 g/mol. The molecule has 0 saturated carbocycles. The molecule has 0 unspecified atom stereocenters. The molecule has 1 heterocycles. The Balaban J connectivity index is 1.85. The predicted octanol–water partition coefficient (Wildman–Crippen LogP) is 3.75. The van der Waals surface area contributed by atoms with Gasteiger partial charge in [-0.1, -0.05) is 35.8 Å². The zero-order valence-electron chi connectivity index (χ0n) is 14.1. The lowest BCUT2D eigenvalue weighted by molar-refractivity contribution is 0.101. The summed E-state index contributed by atoms with van der Waals surface area (Å²) in [5.41, 5.74) is 0.572. The molecule has 140 valence electrons. The third-order valence-corrected chi connectivity index (χ3v) is 5.77. The number of benzene rings is 2. The van der Waals surface area contributed by atoms with E-state index in [4.69, 9.17) is 16.1 Å². The Labute approximate surface area is 160 Å². The number of aromatic hydroxyl groups is 1. The number of halogens is 1. The number of hydrogen-bond donors (Lipinski definition) is 2. The molecule has 1 amide bonds. The van der Waals surface area contributed by atoms with Crippen molar-refractivity contribution in [1.82, 2.24) is 5.16 Å². The first kappa shape index (κ1) is 18.9. The van der Waals surface area contributed by atoms with Crippen LogP contribution >= 0.6 is 11.6 Å². The summed E-state index contributed by atoms with van der Waals surface area (Å²) in [5, 5.41) is 16.6. The normalized spacial score (nSPS) is 11.3. The first-order valence-electron chi connectivity index (χ1n) is 7.90. The minimum Gasteiger partial charge on any atom is -0.506 e. The van der Waals surface area contributed by atoms with E-state index in [0.29, 0.717) is 16.3 Å². The highest BCUT2D eigenvalue weighted by atomic mass is 35.5. The number of carbonyl (C=O) groups excluding carboxylic acids is 1. The molecule has 7 nitrogen and oxygen atoms in total. The third kappa shape index (κ3) is 4.12. The summed E-state index contributed by atoms with van der Waals surface area (Å²) >= 11 is 5.93. The molecule has 0 spiro atoms. The molecule has 3 rings (SSSR count). The Kier molecular flexibility index (Phi) is 5.20. The molecule has 1 aromatic heterocycles. The van der Waals surface area contributed by atoms with Crippen molar-refractivity contribution < 1.29 is 22.8 Å². The standard InChI is InChI=1S/C18H15ClN2O5S/c1-2-27(24,25)13-6-7-16(22)14(9-13)20-18(23)15-10-17(26-21-15)11-4-3-5-12(19)8-11/h3-10,22H,2H2,1H3,(H,20,23). The Morgan fingerprint density at radius 1 is 1.22 bits per heavy atom. The summed E-state index contributed by atoms with van der Waals surface area (Å²) in [6, 6.07) is 11.9. The fourth-order valence-corrected chi connectivity index (χ4v) is 3.42. The molecule has 3 aromatic rings. The van der Waals surface area contributed by atoms with Gasteiger partial charge in [-0.2, -0.15) is 0 Å². The number of rotatable bonds is 5. The van der Waals surface area contributed by atoms with Crippen LogP contribution in [-0.4, -0.2) is 30.3 Å². The number of anilines is 1. The molecule has 0 radical (unpaired) electrons. The van der Waals surface area contributed by atoms with Gasteiger partial charge in [-0.05, 0) is 30.3 Å². The third-order valence-electron chi connectivity index (χ3n) is 3.81. The van der Waals surface area contributed by atoms with Crippen molar-refractivity contribution in [2.24, 2.45) is 0 Å². The lowest BCUT2D eigenvalue weighted by Gasteiger charge is -2.08. The van der Waals surface area contributed by atoms with E-state index >= 15 is 0 Å². The van der Waals surface area contributed by atoms with Gasteiger partial charge in [-0.15, -0.1) is 0 Å². The molecule has 0 atom stereocenters. The highest BCUT2D eigenvalue weighted by Gasteiger charge is 2.18. The Bertz CT molecular complexity index is 1110. The molecule has 0 fully saturated rings. The van der Waals surface area contributed by atoms with E-state index in [1.165, 1.54) is 31.2 Å². The average Bonchev–Trinajstić information content (AvgIpc) is 3.13. The summed E-state index contributed by atoms with van der Waals surface area (Å²) in [6.07, 6.45) is 0. The maximum Gasteiger partial charge on any atom is 0.277 e. The fourth-order valence-electron chi connectivity index (χ4n) is 2.32. The van der Waals surface area contributed by atoms with Crippen LogP contribution in [0.5, 0.6) is 5.75 Å². The smallest absolute Gasteiger partial charge is 0.277 e. The molecule has 2 aromatic carbocycles. The van der Waals surface area contributed by atoms with Crippen LogP contribution in [0.25, 0.3) is 11.3 Å². The molecule has 9 heteroatoms. The van der Waals surface area contributed by atoms with Crippen molar-refractivity contribution in [1.29, 1.82) is 0 Å². The first-order valence-corrected chi connectivity index (χ1v) is 9.93. The zero-order valence-corrected chi connectivity index (χ0v) is 15.7. The first-order chi connectivity index (χ1) is 12.8. The largest absolute Gasteiger partial charge is 0.506 e. The number of amides is 1. The zero-order chi connectivity index (χ0) is 19.6. The molecule has 0 saturated heterocycles. The van der Waals surface area contributed by atoms with Crippen LogP contribution in [0.3, 0.4) is 0 Å². The van der Waals surface area contributed by atoms with Crippen molar-refractivity contribution in [2.75, 3.05) is 11.1 Å². The SMILES string of the molecule is CCS(=O)(=O)c1ccc(O)c(NC(=O)c2cc(-c3cccc(Cl)c3)on2)c1. The Hall–Kier alpha value is -2.84. The number of nitrogens with zero attached hydrogens (tertiary/aromatic N) is 1.